The number of ether oxygens (including phenoxy) is 2. The van der Waals surface area contributed by atoms with Crippen LogP contribution in [-0.4, -0.2) is 12.6 Å². The molecule has 0 heterocycles. The van der Waals surface area contributed by atoms with Crippen LogP contribution in [0.1, 0.15) is 93.5 Å². The first-order valence-corrected chi connectivity index (χ1v) is 13.9. The van der Waals surface area contributed by atoms with Crippen molar-refractivity contribution >= 4 is 5.97 Å². The molecule has 2 saturated carbocycles. The summed E-state index contributed by atoms with van der Waals surface area (Å²) in [6.07, 6.45) is 14.3. The van der Waals surface area contributed by atoms with Gasteiger partial charge in [0.25, 0.3) is 0 Å². The molecule has 2 aliphatic rings. The molecule has 0 bridgehead atoms. The molecule has 0 saturated heterocycles. The second-order valence-electron chi connectivity index (χ2n) is 10.9. The summed E-state index contributed by atoms with van der Waals surface area (Å²) in [7, 11) is 0. The lowest BCUT2D eigenvalue weighted by Gasteiger charge is -2.37. The minimum Gasteiger partial charge on any atom is -0.493 e. The molecule has 2 aliphatic carbocycles. The van der Waals surface area contributed by atoms with Crippen LogP contribution in [0.4, 0.5) is 13.2 Å². The molecular formula is C31H36F3NO3. The Morgan fingerprint density at radius 2 is 1.45 bits per heavy atom. The third kappa shape index (κ3) is 7.09. The fourth-order valence-corrected chi connectivity index (χ4v) is 6.11. The van der Waals surface area contributed by atoms with Crippen LogP contribution < -0.4 is 9.47 Å². The zero-order chi connectivity index (χ0) is 27.1. The lowest BCUT2D eigenvalue weighted by molar-refractivity contribution is 0.0729. The van der Waals surface area contributed by atoms with Gasteiger partial charge in [0.05, 0.1) is 12.2 Å². The fraction of sp³-hybridized carbons (Fsp3) is 0.548. The van der Waals surface area contributed by atoms with E-state index in [0.29, 0.717) is 30.4 Å². The van der Waals surface area contributed by atoms with E-state index >= 15 is 0 Å². The maximum Gasteiger partial charge on any atom is 0.346 e. The summed E-state index contributed by atoms with van der Waals surface area (Å²) in [5.74, 6) is -1.35. The van der Waals surface area contributed by atoms with Gasteiger partial charge < -0.3 is 9.47 Å². The quantitative estimate of drug-likeness (QED) is 0.243. The van der Waals surface area contributed by atoms with Crippen molar-refractivity contribution in [3.8, 4) is 17.6 Å². The minimum atomic E-state index is -1.16. The first-order chi connectivity index (χ1) is 18.4. The van der Waals surface area contributed by atoms with E-state index in [1.165, 1.54) is 76.0 Å². The van der Waals surface area contributed by atoms with Crippen molar-refractivity contribution in [3.05, 3.63) is 58.9 Å². The number of hydrogen-bond donors (Lipinski definition) is 0. The van der Waals surface area contributed by atoms with Gasteiger partial charge in [-0.3, -0.25) is 0 Å². The Bertz CT molecular complexity index is 1120. The highest BCUT2D eigenvalue weighted by Gasteiger charge is 2.31. The lowest BCUT2D eigenvalue weighted by Crippen LogP contribution is -2.27. The van der Waals surface area contributed by atoms with Gasteiger partial charge >= 0.3 is 5.97 Å². The van der Waals surface area contributed by atoms with Gasteiger partial charge in [-0.25, -0.2) is 18.0 Å². The van der Waals surface area contributed by atoms with E-state index in [1.54, 1.807) is 0 Å². The van der Waals surface area contributed by atoms with E-state index in [4.69, 9.17) is 14.7 Å². The second-order valence-corrected chi connectivity index (χ2v) is 10.9. The Morgan fingerprint density at radius 1 is 0.868 bits per heavy atom. The first-order valence-electron chi connectivity index (χ1n) is 13.9. The summed E-state index contributed by atoms with van der Waals surface area (Å²) in [4.78, 5) is 12.3. The highest BCUT2D eigenvalue weighted by molar-refractivity contribution is 5.91. The monoisotopic (exact) mass is 527 g/mol. The summed E-state index contributed by atoms with van der Waals surface area (Å²) in [5, 5.41) is 8.74. The van der Waals surface area contributed by atoms with E-state index in [0.717, 1.165) is 36.7 Å². The number of benzene rings is 2. The molecule has 4 rings (SSSR count). The average Bonchev–Trinajstić information content (AvgIpc) is 2.91. The van der Waals surface area contributed by atoms with Crippen molar-refractivity contribution in [2.75, 3.05) is 6.61 Å². The molecule has 2 aromatic carbocycles. The van der Waals surface area contributed by atoms with Crippen LogP contribution >= 0.6 is 0 Å². The van der Waals surface area contributed by atoms with Crippen LogP contribution in [0.3, 0.4) is 0 Å². The van der Waals surface area contributed by atoms with Crippen molar-refractivity contribution in [1.29, 1.82) is 5.26 Å². The van der Waals surface area contributed by atoms with Gasteiger partial charge in [0, 0.05) is 18.2 Å². The molecule has 38 heavy (non-hydrogen) atoms. The Morgan fingerprint density at radius 3 is 2.00 bits per heavy atom. The average molecular weight is 528 g/mol. The first kappa shape index (κ1) is 28.0. The van der Waals surface area contributed by atoms with Crippen LogP contribution in [-0.2, 0) is 0 Å². The molecule has 0 amide bonds. The molecule has 7 heteroatoms. The summed E-state index contributed by atoms with van der Waals surface area (Å²) in [6, 6.07) is 6.65. The van der Waals surface area contributed by atoms with Gasteiger partial charge in [-0.1, -0.05) is 39.0 Å². The maximum absolute atomic E-state index is 14.6. The Labute approximate surface area is 223 Å². The van der Waals surface area contributed by atoms with E-state index < -0.39 is 34.7 Å². The number of nitriles is 1. The summed E-state index contributed by atoms with van der Waals surface area (Å²) in [5.41, 5.74) is -1.16. The molecule has 0 spiro atoms. The van der Waals surface area contributed by atoms with Gasteiger partial charge in [-0.15, -0.1) is 0 Å². The molecule has 0 unspecified atom stereocenters. The summed E-state index contributed by atoms with van der Waals surface area (Å²) < 4.78 is 52.9. The zero-order valence-electron chi connectivity index (χ0n) is 22.0. The normalized spacial score (nSPS) is 23.4. The molecule has 4 nitrogen and oxygen atoms in total. The molecule has 2 fully saturated rings. The van der Waals surface area contributed by atoms with Gasteiger partial charge in [0.2, 0.25) is 0 Å². The Balaban J connectivity index is 1.23. The number of unbranched alkanes of at least 4 members (excludes halogenated alkanes) is 1. The number of carbonyl (C=O) groups is 1. The number of nitrogens with zero attached hydrogens (tertiary/aromatic N) is 1. The topological polar surface area (TPSA) is 59.3 Å². The fourth-order valence-electron chi connectivity index (χ4n) is 6.11. The number of rotatable bonds is 9. The SMILES string of the molecule is CCCC[C@H]1CC[C@H]([C@H]2CC[C@H](COc3ccc(C(=O)Oc4cc(F)c(C#N)c(F)c4)c(F)c3)CC2)CC1. The second kappa shape index (κ2) is 13.2. The molecule has 0 N–H and O–H groups in total. The van der Waals surface area contributed by atoms with Gasteiger partial charge in [0.15, 0.2) is 0 Å². The van der Waals surface area contributed by atoms with Gasteiger partial charge in [0.1, 0.15) is 40.6 Å². The molecule has 0 aliphatic heterocycles. The Kier molecular flexibility index (Phi) is 9.71. The van der Waals surface area contributed by atoms with E-state index in [2.05, 4.69) is 6.92 Å². The predicted molar refractivity (Wildman–Crippen MR) is 138 cm³/mol. The Hall–Kier alpha value is -3.01. The zero-order valence-corrected chi connectivity index (χ0v) is 22.0. The lowest BCUT2D eigenvalue weighted by atomic mass is 9.69. The molecule has 204 valence electrons. The highest BCUT2D eigenvalue weighted by atomic mass is 19.1. The minimum absolute atomic E-state index is 0.321. The van der Waals surface area contributed by atoms with Crippen molar-refractivity contribution in [1.82, 2.24) is 0 Å². The molecule has 0 aromatic heterocycles. The van der Waals surface area contributed by atoms with Gasteiger partial charge in [-0.2, -0.15) is 5.26 Å². The molecule has 0 radical (unpaired) electrons. The molecule has 2 aromatic rings. The summed E-state index contributed by atoms with van der Waals surface area (Å²) >= 11 is 0. The standard InChI is InChI=1S/C31H36F3NO3/c1-2-3-4-20-5-9-22(10-6-20)23-11-7-21(8-12-23)19-37-24-13-14-26(28(32)15-24)31(36)38-25-16-29(33)27(18-35)30(34)17-25/h13-17,20-23H,2-12,19H2,1H3/t20-,21-,22-,23-. The largest absolute Gasteiger partial charge is 0.493 e. The van der Waals surface area contributed by atoms with E-state index in [-0.39, 0.29) is 5.56 Å². The van der Waals surface area contributed by atoms with Crippen LogP contribution in [0.2, 0.25) is 0 Å². The van der Waals surface area contributed by atoms with Gasteiger partial charge in [-0.05, 0) is 74.3 Å². The van der Waals surface area contributed by atoms with E-state index in [1.807, 2.05) is 0 Å². The third-order valence-corrected chi connectivity index (χ3v) is 8.40. The molecule has 0 atom stereocenters. The number of carbonyl (C=O) groups excluding carboxylic acids is 1. The van der Waals surface area contributed by atoms with E-state index in [9.17, 15) is 18.0 Å². The number of esters is 1. The van der Waals surface area contributed by atoms with Crippen molar-refractivity contribution in [3.63, 3.8) is 0 Å². The highest BCUT2D eigenvalue weighted by Crippen LogP contribution is 2.42. The summed E-state index contributed by atoms with van der Waals surface area (Å²) in [6.45, 7) is 2.77. The van der Waals surface area contributed by atoms with Crippen LogP contribution in [0, 0.1) is 52.5 Å². The van der Waals surface area contributed by atoms with Crippen LogP contribution in [0.5, 0.6) is 11.5 Å². The third-order valence-electron chi connectivity index (χ3n) is 8.40. The predicted octanol–water partition coefficient (Wildman–Crippen LogP) is 8.38. The van der Waals surface area contributed by atoms with Crippen molar-refractivity contribution in [2.45, 2.75) is 77.6 Å². The molecular weight excluding hydrogens is 491 g/mol. The van der Waals surface area contributed by atoms with Crippen molar-refractivity contribution in [2.24, 2.45) is 23.7 Å². The maximum atomic E-state index is 14.6. The number of hydrogen-bond acceptors (Lipinski definition) is 4. The smallest absolute Gasteiger partial charge is 0.346 e. The number of halogens is 3. The van der Waals surface area contributed by atoms with Crippen LogP contribution in [0.25, 0.3) is 0 Å². The van der Waals surface area contributed by atoms with Crippen molar-refractivity contribution < 1.29 is 27.4 Å². The van der Waals surface area contributed by atoms with Crippen LogP contribution in [0.15, 0.2) is 30.3 Å².